The third-order valence-corrected chi connectivity index (χ3v) is 5.03. The molecule has 0 aromatic carbocycles. The van der Waals surface area contributed by atoms with Crippen molar-refractivity contribution in [1.82, 2.24) is 0 Å². The highest BCUT2D eigenvalue weighted by Gasteiger charge is 2.44. The van der Waals surface area contributed by atoms with Gasteiger partial charge in [-0.25, -0.2) is 0 Å². The Hall–Kier alpha value is -0.340. The summed E-state index contributed by atoms with van der Waals surface area (Å²) in [6.45, 7) is 6.73. The zero-order valence-electron chi connectivity index (χ0n) is 10.4. The van der Waals surface area contributed by atoms with Crippen molar-refractivity contribution in [1.29, 1.82) is 0 Å². The van der Waals surface area contributed by atoms with E-state index >= 15 is 0 Å². The van der Waals surface area contributed by atoms with E-state index in [1.54, 1.807) is 11.3 Å². The van der Waals surface area contributed by atoms with Crippen molar-refractivity contribution in [3.8, 4) is 0 Å². The van der Waals surface area contributed by atoms with Gasteiger partial charge in [-0.05, 0) is 42.0 Å². The van der Waals surface area contributed by atoms with Crippen LogP contribution in [-0.2, 0) is 5.60 Å². The maximum absolute atomic E-state index is 11.0. The molecule has 1 aliphatic carbocycles. The van der Waals surface area contributed by atoms with Crippen molar-refractivity contribution in [2.24, 2.45) is 17.8 Å². The minimum Gasteiger partial charge on any atom is -0.384 e. The first kappa shape index (κ1) is 12.1. The van der Waals surface area contributed by atoms with Gasteiger partial charge in [-0.2, -0.15) is 0 Å². The molecule has 0 saturated heterocycles. The average molecular weight is 238 g/mol. The van der Waals surface area contributed by atoms with Crippen molar-refractivity contribution >= 4 is 11.3 Å². The van der Waals surface area contributed by atoms with Crippen molar-refractivity contribution in [3.05, 3.63) is 22.4 Å². The zero-order chi connectivity index (χ0) is 11.8. The Morgan fingerprint density at radius 3 is 2.75 bits per heavy atom. The molecule has 1 fully saturated rings. The van der Waals surface area contributed by atoms with Crippen LogP contribution in [0.1, 0.15) is 44.9 Å². The Balaban J connectivity index is 2.32. The first-order valence-electron chi connectivity index (χ1n) is 6.30. The monoisotopic (exact) mass is 238 g/mol. The number of hydrogen-bond donors (Lipinski definition) is 1. The molecule has 1 saturated carbocycles. The molecule has 0 spiro atoms. The van der Waals surface area contributed by atoms with Gasteiger partial charge in [0.05, 0.1) is 0 Å². The van der Waals surface area contributed by atoms with Crippen molar-refractivity contribution in [3.63, 3.8) is 0 Å². The molecule has 3 atom stereocenters. The molecule has 1 aliphatic rings. The average Bonchev–Trinajstić information content (AvgIpc) is 2.69. The van der Waals surface area contributed by atoms with Gasteiger partial charge in [-0.3, -0.25) is 0 Å². The van der Waals surface area contributed by atoms with Gasteiger partial charge in [0.2, 0.25) is 0 Å². The standard InChI is InChI=1S/C14H22OS/c1-10(2)12-7-6-11(3)9-14(12,15)13-5-4-8-16-13/h4-5,8,10-12,15H,6-7,9H2,1-3H3. The fourth-order valence-corrected chi connectivity index (χ4v) is 4.08. The molecule has 0 bridgehead atoms. The minimum absolute atomic E-state index is 0.419. The maximum Gasteiger partial charge on any atom is 0.102 e. The topological polar surface area (TPSA) is 20.2 Å². The van der Waals surface area contributed by atoms with Crippen molar-refractivity contribution < 1.29 is 5.11 Å². The Morgan fingerprint density at radius 2 is 2.19 bits per heavy atom. The third-order valence-electron chi connectivity index (χ3n) is 4.00. The fourth-order valence-electron chi connectivity index (χ4n) is 3.18. The van der Waals surface area contributed by atoms with E-state index in [-0.39, 0.29) is 0 Å². The zero-order valence-corrected chi connectivity index (χ0v) is 11.3. The quantitative estimate of drug-likeness (QED) is 0.825. The molecule has 2 rings (SSSR count). The van der Waals surface area contributed by atoms with E-state index in [1.165, 1.54) is 6.42 Å². The van der Waals surface area contributed by atoms with E-state index < -0.39 is 5.60 Å². The van der Waals surface area contributed by atoms with E-state index in [0.29, 0.717) is 17.8 Å². The molecule has 1 N–H and O–H groups in total. The van der Waals surface area contributed by atoms with Crippen LogP contribution in [0, 0.1) is 17.8 Å². The smallest absolute Gasteiger partial charge is 0.102 e. The maximum atomic E-state index is 11.0. The Kier molecular flexibility index (Phi) is 3.41. The molecule has 1 aromatic heterocycles. The second kappa shape index (κ2) is 4.50. The summed E-state index contributed by atoms with van der Waals surface area (Å²) in [6, 6.07) is 4.15. The highest BCUT2D eigenvalue weighted by atomic mass is 32.1. The summed E-state index contributed by atoms with van der Waals surface area (Å²) in [5.41, 5.74) is -0.569. The molecular formula is C14H22OS. The SMILES string of the molecule is CC1CCC(C(C)C)C(O)(c2cccs2)C1. The van der Waals surface area contributed by atoms with Crippen LogP contribution in [-0.4, -0.2) is 5.11 Å². The number of hydrogen-bond acceptors (Lipinski definition) is 2. The van der Waals surface area contributed by atoms with Gasteiger partial charge < -0.3 is 5.11 Å². The number of rotatable bonds is 2. The fraction of sp³-hybridized carbons (Fsp3) is 0.714. The molecular weight excluding hydrogens is 216 g/mol. The summed E-state index contributed by atoms with van der Waals surface area (Å²) in [4.78, 5) is 1.16. The molecule has 0 amide bonds. The van der Waals surface area contributed by atoms with Gasteiger partial charge >= 0.3 is 0 Å². The lowest BCUT2D eigenvalue weighted by Crippen LogP contribution is -2.42. The number of aliphatic hydroxyl groups is 1. The van der Waals surface area contributed by atoms with E-state index in [9.17, 15) is 5.11 Å². The Labute approximate surface area is 103 Å². The van der Waals surface area contributed by atoms with Crippen LogP contribution < -0.4 is 0 Å². The molecule has 3 unspecified atom stereocenters. The number of thiophene rings is 1. The molecule has 0 radical (unpaired) electrons. The van der Waals surface area contributed by atoms with E-state index in [1.807, 2.05) is 0 Å². The predicted molar refractivity (Wildman–Crippen MR) is 69.6 cm³/mol. The molecule has 16 heavy (non-hydrogen) atoms. The van der Waals surface area contributed by atoms with Crippen LogP contribution in [0.3, 0.4) is 0 Å². The molecule has 0 aliphatic heterocycles. The summed E-state index contributed by atoms with van der Waals surface area (Å²) in [5, 5.41) is 13.1. The largest absolute Gasteiger partial charge is 0.384 e. The van der Waals surface area contributed by atoms with Gasteiger partial charge in [0.1, 0.15) is 5.60 Å². The Bertz CT molecular complexity index is 331. The summed E-state index contributed by atoms with van der Waals surface area (Å²) in [6.07, 6.45) is 3.35. The van der Waals surface area contributed by atoms with E-state index in [2.05, 4.69) is 38.3 Å². The molecule has 1 heterocycles. The van der Waals surface area contributed by atoms with Crippen LogP contribution in [0.2, 0.25) is 0 Å². The van der Waals surface area contributed by atoms with Gasteiger partial charge in [0.15, 0.2) is 0 Å². The summed E-state index contributed by atoms with van der Waals surface area (Å²) in [7, 11) is 0. The van der Waals surface area contributed by atoms with Crippen LogP contribution >= 0.6 is 11.3 Å². The normalized spacial score (nSPS) is 35.6. The lowest BCUT2D eigenvalue weighted by atomic mass is 9.66. The van der Waals surface area contributed by atoms with E-state index in [0.717, 1.165) is 17.7 Å². The van der Waals surface area contributed by atoms with Crippen LogP contribution in [0.5, 0.6) is 0 Å². The first-order chi connectivity index (χ1) is 7.54. The highest BCUT2D eigenvalue weighted by Crippen LogP contribution is 2.48. The molecule has 90 valence electrons. The van der Waals surface area contributed by atoms with Crippen molar-refractivity contribution in [2.75, 3.05) is 0 Å². The molecule has 1 nitrogen and oxygen atoms in total. The van der Waals surface area contributed by atoms with E-state index in [4.69, 9.17) is 0 Å². The second-order valence-electron chi connectivity index (χ2n) is 5.64. The lowest BCUT2D eigenvalue weighted by Gasteiger charge is -2.44. The lowest BCUT2D eigenvalue weighted by molar-refractivity contribution is -0.0837. The van der Waals surface area contributed by atoms with Crippen LogP contribution in [0.25, 0.3) is 0 Å². The van der Waals surface area contributed by atoms with Gasteiger partial charge in [0.25, 0.3) is 0 Å². The predicted octanol–water partition coefficient (Wildman–Crippen LogP) is 4.03. The Morgan fingerprint density at radius 1 is 1.44 bits per heavy atom. The first-order valence-corrected chi connectivity index (χ1v) is 7.18. The highest BCUT2D eigenvalue weighted by molar-refractivity contribution is 7.10. The van der Waals surface area contributed by atoms with Crippen molar-refractivity contribution in [2.45, 2.75) is 45.6 Å². The molecule has 1 aromatic rings. The van der Waals surface area contributed by atoms with Gasteiger partial charge in [0, 0.05) is 4.88 Å². The van der Waals surface area contributed by atoms with Gasteiger partial charge in [-0.15, -0.1) is 11.3 Å². The minimum atomic E-state index is -0.569. The molecule has 2 heteroatoms. The van der Waals surface area contributed by atoms with Crippen LogP contribution in [0.4, 0.5) is 0 Å². The summed E-state index contributed by atoms with van der Waals surface area (Å²) >= 11 is 1.70. The van der Waals surface area contributed by atoms with Gasteiger partial charge in [-0.1, -0.05) is 33.3 Å². The van der Waals surface area contributed by atoms with Crippen LogP contribution in [0.15, 0.2) is 17.5 Å². The summed E-state index contributed by atoms with van der Waals surface area (Å²) in [5.74, 6) is 1.61. The summed E-state index contributed by atoms with van der Waals surface area (Å²) < 4.78 is 0. The third kappa shape index (κ3) is 2.05. The second-order valence-corrected chi connectivity index (χ2v) is 6.59.